The maximum atomic E-state index is 5.61. The van der Waals surface area contributed by atoms with Crippen LogP contribution in [0, 0.1) is 0 Å². The molecule has 4 heteroatoms. The summed E-state index contributed by atoms with van der Waals surface area (Å²) in [7, 11) is 0. The van der Waals surface area contributed by atoms with Crippen molar-refractivity contribution < 1.29 is 4.74 Å². The second kappa shape index (κ2) is 3.82. The Labute approximate surface area is 71.3 Å². The third-order valence-corrected chi connectivity index (χ3v) is 1.41. The molecule has 1 rings (SSSR count). The van der Waals surface area contributed by atoms with E-state index in [0.717, 1.165) is 0 Å². The zero-order valence-corrected chi connectivity index (χ0v) is 6.79. The largest absolute Gasteiger partial charge is 0.490 e. The van der Waals surface area contributed by atoms with Crippen molar-refractivity contribution in [3.63, 3.8) is 0 Å². The summed E-state index contributed by atoms with van der Waals surface area (Å²) in [6.07, 6.45) is 0. The minimum absolute atomic E-state index is 0.452. The molecule has 0 radical (unpaired) electrons. The number of benzene rings is 1. The van der Waals surface area contributed by atoms with Crippen LogP contribution in [0.5, 0.6) is 5.75 Å². The van der Waals surface area contributed by atoms with Crippen LogP contribution in [0.1, 0.15) is 0 Å². The molecule has 0 spiro atoms. The van der Waals surface area contributed by atoms with Gasteiger partial charge in [0.15, 0.2) is 0 Å². The molecule has 0 aliphatic carbocycles. The van der Waals surface area contributed by atoms with Gasteiger partial charge in [0, 0.05) is 18.3 Å². The summed E-state index contributed by atoms with van der Waals surface area (Å²) < 4.78 is 5.24. The minimum Gasteiger partial charge on any atom is -0.490 e. The molecule has 0 heterocycles. The smallest absolute Gasteiger partial charge is 0.144 e. The summed E-state index contributed by atoms with van der Waals surface area (Å²) in [5.74, 6) is 0.598. The fourth-order valence-electron chi connectivity index (χ4n) is 0.845. The van der Waals surface area contributed by atoms with Crippen molar-refractivity contribution in [3.8, 4) is 5.75 Å². The first-order chi connectivity index (χ1) is 5.74. The molecule has 66 valence electrons. The molecular formula is C8H13N3O. The van der Waals surface area contributed by atoms with Crippen molar-refractivity contribution in [2.75, 3.05) is 24.6 Å². The molecule has 1 aromatic carbocycles. The van der Waals surface area contributed by atoms with Crippen LogP contribution in [0.3, 0.4) is 0 Å². The Balaban J connectivity index is 2.75. The third-order valence-electron chi connectivity index (χ3n) is 1.41. The fraction of sp³-hybridized carbons (Fsp3) is 0.250. The Morgan fingerprint density at radius 1 is 1.25 bits per heavy atom. The molecular weight excluding hydrogens is 154 g/mol. The SMILES string of the molecule is NCCOc1cc(N)ccc1N. The molecule has 0 saturated carbocycles. The van der Waals surface area contributed by atoms with E-state index in [1.807, 2.05) is 0 Å². The highest BCUT2D eigenvalue weighted by atomic mass is 16.5. The van der Waals surface area contributed by atoms with E-state index >= 15 is 0 Å². The van der Waals surface area contributed by atoms with Crippen molar-refractivity contribution in [2.24, 2.45) is 5.73 Å². The van der Waals surface area contributed by atoms with Crippen LogP contribution in [-0.4, -0.2) is 13.2 Å². The summed E-state index contributed by atoms with van der Waals surface area (Å²) in [6, 6.07) is 5.12. The quantitative estimate of drug-likeness (QED) is 0.561. The highest BCUT2D eigenvalue weighted by Crippen LogP contribution is 2.23. The van der Waals surface area contributed by atoms with E-state index in [0.29, 0.717) is 30.3 Å². The molecule has 0 aromatic heterocycles. The molecule has 1 aromatic rings. The van der Waals surface area contributed by atoms with Gasteiger partial charge in [0.1, 0.15) is 12.4 Å². The topological polar surface area (TPSA) is 87.3 Å². The number of rotatable bonds is 3. The van der Waals surface area contributed by atoms with Gasteiger partial charge in [-0.3, -0.25) is 0 Å². The number of nitrogens with two attached hydrogens (primary N) is 3. The zero-order valence-electron chi connectivity index (χ0n) is 6.79. The Morgan fingerprint density at radius 3 is 2.67 bits per heavy atom. The normalized spacial score (nSPS) is 9.75. The number of hydrogen-bond acceptors (Lipinski definition) is 4. The van der Waals surface area contributed by atoms with Crippen molar-refractivity contribution in [1.29, 1.82) is 0 Å². The monoisotopic (exact) mass is 167 g/mol. The van der Waals surface area contributed by atoms with E-state index in [-0.39, 0.29) is 0 Å². The van der Waals surface area contributed by atoms with Crippen molar-refractivity contribution >= 4 is 11.4 Å². The van der Waals surface area contributed by atoms with Crippen molar-refractivity contribution in [2.45, 2.75) is 0 Å². The molecule has 12 heavy (non-hydrogen) atoms. The molecule has 0 amide bonds. The van der Waals surface area contributed by atoms with Gasteiger partial charge in [-0.05, 0) is 12.1 Å². The second-order valence-corrected chi connectivity index (χ2v) is 2.43. The number of ether oxygens (including phenoxy) is 1. The molecule has 0 unspecified atom stereocenters. The Hall–Kier alpha value is -1.42. The van der Waals surface area contributed by atoms with Gasteiger partial charge in [-0.2, -0.15) is 0 Å². The lowest BCUT2D eigenvalue weighted by Gasteiger charge is -2.07. The van der Waals surface area contributed by atoms with Crippen LogP contribution >= 0.6 is 0 Å². The van der Waals surface area contributed by atoms with Crippen LogP contribution in [0.2, 0.25) is 0 Å². The van der Waals surface area contributed by atoms with E-state index in [4.69, 9.17) is 21.9 Å². The van der Waals surface area contributed by atoms with Gasteiger partial charge in [0.05, 0.1) is 5.69 Å². The maximum absolute atomic E-state index is 5.61. The van der Waals surface area contributed by atoms with E-state index in [2.05, 4.69) is 0 Å². The van der Waals surface area contributed by atoms with Gasteiger partial charge in [-0.15, -0.1) is 0 Å². The first-order valence-corrected chi connectivity index (χ1v) is 3.72. The van der Waals surface area contributed by atoms with Gasteiger partial charge in [-0.25, -0.2) is 0 Å². The number of anilines is 2. The highest BCUT2D eigenvalue weighted by Gasteiger charge is 1.98. The minimum atomic E-state index is 0.452. The molecule has 0 aliphatic heterocycles. The van der Waals surface area contributed by atoms with Crippen LogP contribution in [0.4, 0.5) is 11.4 Å². The molecule has 0 bridgehead atoms. The first kappa shape index (κ1) is 8.67. The number of hydrogen-bond donors (Lipinski definition) is 3. The molecule has 0 aliphatic rings. The highest BCUT2D eigenvalue weighted by molar-refractivity contribution is 5.59. The van der Waals surface area contributed by atoms with Gasteiger partial charge < -0.3 is 21.9 Å². The van der Waals surface area contributed by atoms with E-state index in [9.17, 15) is 0 Å². The van der Waals surface area contributed by atoms with Gasteiger partial charge in [-0.1, -0.05) is 0 Å². The second-order valence-electron chi connectivity index (χ2n) is 2.43. The Bertz CT molecular complexity index is 262. The first-order valence-electron chi connectivity index (χ1n) is 3.72. The number of nitrogen functional groups attached to an aromatic ring is 2. The lowest BCUT2D eigenvalue weighted by Crippen LogP contribution is -2.11. The van der Waals surface area contributed by atoms with E-state index < -0.39 is 0 Å². The lowest BCUT2D eigenvalue weighted by molar-refractivity contribution is 0.330. The van der Waals surface area contributed by atoms with Crippen LogP contribution in [0.25, 0.3) is 0 Å². The standard InChI is InChI=1S/C8H13N3O/c9-3-4-12-8-5-6(10)1-2-7(8)11/h1-2,5H,3-4,9-11H2. The van der Waals surface area contributed by atoms with Gasteiger partial charge >= 0.3 is 0 Å². The third kappa shape index (κ3) is 2.03. The van der Waals surface area contributed by atoms with Gasteiger partial charge in [0.25, 0.3) is 0 Å². The van der Waals surface area contributed by atoms with E-state index in [1.54, 1.807) is 18.2 Å². The lowest BCUT2D eigenvalue weighted by atomic mass is 10.2. The van der Waals surface area contributed by atoms with E-state index in [1.165, 1.54) is 0 Å². The van der Waals surface area contributed by atoms with Crippen LogP contribution in [-0.2, 0) is 0 Å². The molecule has 0 saturated heterocycles. The summed E-state index contributed by atoms with van der Waals surface area (Å²) in [5.41, 5.74) is 17.6. The molecule has 0 fully saturated rings. The predicted molar refractivity (Wildman–Crippen MR) is 49.8 cm³/mol. The molecule has 0 atom stereocenters. The fourth-order valence-corrected chi connectivity index (χ4v) is 0.845. The van der Waals surface area contributed by atoms with Crippen LogP contribution in [0.15, 0.2) is 18.2 Å². The van der Waals surface area contributed by atoms with Crippen molar-refractivity contribution in [3.05, 3.63) is 18.2 Å². The Kier molecular flexibility index (Phi) is 2.76. The zero-order chi connectivity index (χ0) is 8.97. The summed E-state index contributed by atoms with van der Waals surface area (Å²) in [6.45, 7) is 0.919. The average Bonchev–Trinajstić information content (AvgIpc) is 2.07. The molecule has 6 N–H and O–H groups in total. The van der Waals surface area contributed by atoms with Crippen molar-refractivity contribution in [1.82, 2.24) is 0 Å². The van der Waals surface area contributed by atoms with Gasteiger partial charge in [0.2, 0.25) is 0 Å². The molecule has 4 nitrogen and oxygen atoms in total. The average molecular weight is 167 g/mol. The van der Waals surface area contributed by atoms with Crippen LogP contribution < -0.4 is 21.9 Å². The summed E-state index contributed by atoms with van der Waals surface area (Å²) in [5, 5.41) is 0. The summed E-state index contributed by atoms with van der Waals surface area (Å²) >= 11 is 0. The Morgan fingerprint density at radius 2 is 2.00 bits per heavy atom. The summed E-state index contributed by atoms with van der Waals surface area (Å²) in [4.78, 5) is 0. The maximum Gasteiger partial charge on any atom is 0.144 e. The predicted octanol–water partition coefficient (Wildman–Crippen LogP) is 0.188.